The largest absolute Gasteiger partial charge is 0.493 e. The van der Waals surface area contributed by atoms with Gasteiger partial charge in [-0.1, -0.05) is 18.2 Å². The summed E-state index contributed by atoms with van der Waals surface area (Å²) in [6, 6.07) is 9.79. The molecule has 7 heteroatoms. The summed E-state index contributed by atoms with van der Waals surface area (Å²) in [6.07, 6.45) is 2.90. The highest BCUT2D eigenvalue weighted by molar-refractivity contribution is 7.11. The second kappa shape index (κ2) is 9.69. The molecule has 3 rings (SSSR count). The van der Waals surface area contributed by atoms with Crippen LogP contribution in [0.4, 0.5) is 0 Å². The van der Waals surface area contributed by atoms with Crippen LogP contribution in [0.3, 0.4) is 0 Å². The van der Waals surface area contributed by atoms with Gasteiger partial charge in [0.1, 0.15) is 16.4 Å². The van der Waals surface area contributed by atoms with E-state index in [1.165, 1.54) is 0 Å². The van der Waals surface area contributed by atoms with E-state index in [1.54, 1.807) is 30.3 Å². The molecular weight excluding hydrogens is 386 g/mol. The van der Waals surface area contributed by atoms with Crippen molar-refractivity contribution in [2.24, 2.45) is 0 Å². The maximum atomic E-state index is 12.0. The molecular formula is C22H31N3O3S. The minimum Gasteiger partial charge on any atom is -0.493 e. The summed E-state index contributed by atoms with van der Waals surface area (Å²) >= 11 is 1.59. The Morgan fingerprint density at radius 2 is 2.03 bits per heavy atom. The van der Waals surface area contributed by atoms with Gasteiger partial charge in [0.15, 0.2) is 0 Å². The number of benzene rings is 1. The molecule has 0 radical (unpaired) electrons. The predicted octanol–water partition coefficient (Wildman–Crippen LogP) is 2.83. The molecule has 1 unspecified atom stereocenters. The Kier molecular flexibility index (Phi) is 7.27. The highest BCUT2D eigenvalue weighted by atomic mass is 32.1. The average Bonchev–Trinajstić information content (AvgIpc) is 2.97. The number of rotatable bonds is 7. The number of likely N-dealkylation sites (tertiary alicyclic amines) is 1. The molecule has 1 atom stereocenters. The van der Waals surface area contributed by atoms with Gasteiger partial charge in [0.25, 0.3) is 0 Å². The number of likely N-dealkylation sites (N-methyl/N-ethyl adjacent to an activating group) is 1. The number of amides is 1. The van der Waals surface area contributed by atoms with Crippen LogP contribution >= 0.6 is 11.3 Å². The highest BCUT2D eigenvalue weighted by Gasteiger charge is 2.35. The normalized spacial score (nSPS) is 20.3. The van der Waals surface area contributed by atoms with Crippen LogP contribution < -0.4 is 4.74 Å². The quantitative estimate of drug-likeness (QED) is 0.750. The van der Waals surface area contributed by atoms with Crippen molar-refractivity contribution in [3.8, 4) is 5.75 Å². The summed E-state index contributed by atoms with van der Waals surface area (Å²) in [6.45, 7) is 4.51. The van der Waals surface area contributed by atoms with Gasteiger partial charge in [0.2, 0.25) is 5.91 Å². The van der Waals surface area contributed by atoms with Crippen molar-refractivity contribution in [1.29, 1.82) is 0 Å². The number of carbonyl (C=O) groups is 1. The summed E-state index contributed by atoms with van der Waals surface area (Å²) < 4.78 is 5.81. The zero-order valence-electron chi connectivity index (χ0n) is 17.6. The Balaban J connectivity index is 1.59. The van der Waals surface area contributed by atoms with Crippen LogP contribution in [0.5, 0.6) is 5.75 Å². The lowest BCUT2D eigenvalue weighted by atomic mass is 9.96. The fourth-order valence-corrected chi connectivity index (χ4v) is 4.71. The fraction of sp³-hybridized carbons (Fsp3) is 0.545. The van der Waals surface area contributed by atoms with Gasteiger partial charge in [-0.05, 0) is 44.9 Å². The number of aliphatic hydroxyl groups is 1. The minimum atomic E-state index is -0.913. The van der Waals surface area contributed by atoms with E-state index < -0.39 is 5.60 Å². The van der Waals surface area contributed by atoms with Gasteiger partial charge >= 0.3 is 0 Å². The number of hydrogen-bond donors (Lipinski definition) is 1. The Morgan fingerprint density at radius 1 is 1.28 bits per heavy atom. The number of para-hydroxylation sites is 1. The lowest BCUT2D eigenvalue weighted by Gasteiger charge is -2.25. The second-order valence-corrected chi connectivity index (χ2v) is 8.97. The van der Waals surface area contributed by atoms with E-state index in [0.717, 1.165) is 40.7 Å². The molecule has 1 amide bonds. The smallest absolute Gasteiger partial charge is 0.236 e. The van der Waals surface area contributed by atoms with Crippen molar-refractivity contribution in [3.63, 3.8) is 0 Å². The van der Waals surface area contributed by atoms with E-state index in [2.05, 4.69) is 4.90 Å². The highest BCUT2D eigenvalue weighted by Crippen LogP contribution is 2.36. The van der Waals surface area contributed by atoms with Gasteiger partial charge in [-0.15, -0.1) is 11.3 Å². The zero-order valence-corrected chi connectivity index (χ0v) is 18.4. The second-order valence-electron chi connectivity index (χ2n) is 7.89. The molecule has 1 aromatic heterocycles. The van der Waals surface area contributed by atoms with Gasteiger partial charge in [0.05, 0.1) is 18.8 Å². The number of thiazole rings is 1. The van der Waals surface area contributed by atoms with Gasteiger partial charge < -0.3 is 14.7 Å². The third-order valence-corrected chi connectivity index (χ3v) is 6.81. The van der Waals surface area contributed by atoms with Crippen LogP contribution in [0.1, 0.15) is 34.8 Å². The van der Waals surface area contributed by atoms with E-state index >= 15 is 0 Å². The molecule has 1 aliphatic heterocycles. The Morgan fingerprint density at radius 3 is 2.76 bits per heavy atom. The Bertz CT molecular complexity index is 809. The van der Waals surface area contributed by atoms with E-state index in [-0.39, 0.29) is 5.91 Å². The van der Waals surface area contributed by atoms with Crippen molar-refractivity contribution in [2.75, 3.05) is 40.3 Å². The Hall–Kier alpha value is -1.96. The van der Waals surface area contributed by atoms with Gasteiger partial charge in [-0.2, -0.15) is 0 Å². The first kappa shape index (κ1) is 21.7. The van der Waals surface area contributed by atoms with Crippen molar-refractivity contribution in [3.05, 3.63) is 45.9 Å². The first-order valence-electron chi connectivity index (χ1n) is 10.2. The predicted molar refractivity (Wildman–Crippen MR) is 115 cm³/mol. The molecule has 1 fully saturated rings. The lowest BCUT2D eigenvalue weighted by Crippen LogP contribution is -2.37. The monoisotopic (exact) mass is 417 g/mol. The summed E-state index contributed by atoms with van der Waals surface area (Å²) in [4.78, 5) is 21.6. The molecule has 0 aliphatic carbocycles. The number of hydrogen-bond acceptors (Lipinski definition) is 6. The molecule has 158 valence electrons. The summed E-state index contributed by atoms with van der Waals surface area (Å²) in [7, 11) is 3.55. The minimum absolute atomic E-state index is 0.0984. The first-order chi connectivity index (χ1) is 13.9. The number of ether oxygens (including phenoxy) is 1. The molecule has 1 aliphatic rings. The maximum Gasteiger partial charge on any atom is 0.236 e. The van der Waals surface area contributed by atoms with Crippen LogP contribution in [0.25, 0.3) is 0 Å². The van der Waals surface area contributed by atoms with Gasteiger partial charge in [0, 0.05) is 31.9 Å². The van der Waals surface area contributed by atoms with E-state index in [4.69, 9.17) is 9.72 Å². The molecule has 1 aromatic carbocycles. The van der Waals surface area contributed by atoms with Crippen molar-refractivity contribution >= 4 is 17.2 Å². The fourth-order valence-electron chi connectivity index (χ4n) is 3.52. The first-order valence-corrected chi connectivity index (χ1v) is 11.0. The van der Waals surface area contributed by atoms with Crippen molar-refractivity contribution in [1.82, 2.24) is 14.8 Å². The van der Waals surface area contributed by atoms with E-state index in [0.29, 0.717) is 32.5 Å². The third-order valence-electron chi connectivity index (χ3n) is 5.40. The molecule has 29 heavy (non-hydrogen) atoms. The van der Waals surface area contributed by atoms with Crippen LogP contribution in [-0.2, 0) is 16.8 Å². The molecule has 0 spiro atoms. The number of nitrogens with zero attached hydrogens (tertiary/aromatic N) is 3. The summed E-state index contributed by atoms with van der Waals surface area (Å²) in [5.74, 6) is 0.964. The molecule has 1 saturated heterocycles. The molecule has 0 bridgehead atoms. The maximum absolute atomic E-state index is 12.0. The number of aryl methyl sites for hydroxylation is 1. The van der Waals surface area contributed by atoms with Gasteiger partial charge in [-0.3, -0.25) is 9.69 Å². The standard InChI is InChI=1S/C22H31N3O3S/c1-17-19(10-15-28-18-8-5-4-6-9-18)29-21(23-17)22(27)11-7-13-25(14-12-22)16-20(26)24(2)3/h4-6,8-9,27H,7,10-16H2,1-3H3. The van der Waals surface area contributed by atoms with Crippen molar-refractivity contribution < 1.29 is 14.6 Å². The van der Waals surface area contributed by atoms with Crippen LogP contribution in [0.2, 0.25) is 0 Å². The zero-order chi connectivity index (χ0) is 20.9. The third kappa shape index (κ3) is 5.78. The number of carbonyl (C=O) groups excluding carboxylic acids is 1. The summed E-state index contributed by atoms with van der Waals surface area (Å²) in [5.41, 5.74) is 0.0585. The van der Waals surface area contributed by atoms with Crippen LogP contribution in [-0.4, -0.2) is 66.1 Å². The van der Waals surface area contributed by atoms with Crippen LogP contribution in [0, 0.1) is 6.92 Å². The SMILES string of the molecule is Cc1nc(C2(O)CCCN(CC(=O)N(C)C)CC2)sc1CCOc1ccccc1. The molecule has 2 heterocycles. The molecule has 0 saturated carbocycles. The van der Waals surface area contributed by atoms with E-state index in [1.807, 2.05) is 37.3 Å². The lowest BCUT2D eigenvalue weighted by molar-refractivity contribution is -0.129. The number of aromatic nitrogens is 1. The summed E-state index contributed by atoms with van der Waals surface area (Å²) in [5, 5.41) is 12.1. The average molecular weight is 418 g/mol. The molecule has 2 aromatic rings. The topological polar surface area (TPSA) is 65.9 Å². The van der Waals surface area contributed by atoms with Crippen molar-refractivity contribution in [2.45, 2.75) is 38.2 Å². The van der Waals surface area contributed by atoms with Crippen LogP contribution in [0.15, 0.2) is 30.3 Å². The van der Waals surface area contributed by atoms with Gasteiger partial charge in [-0.25, -0.2) is 4.98 Å². The Labute approximate surface area is 177 Å². The van der Waals surface area contributed by atoms with E-state index in [9.17, 15) is 9.90 Å². The molecule has 6 nitrogen and oxygen atoms in total. The molecule has 1 N–H and O–H groups in total.